The Kier molecular flexibility index (Phi) is 4.52. The minimum Gasteiger partial charge on any atom is -0.467 e. The van der Waals surface area contributed by atoms with E-state index in [1.807, 2.05) is 6.26 Å². The van der Waals surface area contributed by atoms with E-state index in [-0.39, 0.29) is 5.97 Å². The van der Waals surface area contributed by atoms with Crippen molar-refractivity contribution in [2.75, 3.05) is 26.2 Å². The van der Waals surface area contributed by atoms with Gasteiger partial charge in [0, 0.05) is 12.9 Å². The van der Waals surface area contributed by atoms with E-state index in [4.69, 9.17) is 4.74 Å². The fraction of sp³-hybridized carbons (Fsp3) is 0.857. The summed E-state index contributed by atoms with van der Waals surface area (Å²) in [7, 11) is 2.87. The van der Waals surface area contributed by atoms with E-state index in [0.29, 0.717) is 5.75 Å². The van der Waals surface area contributed by atoms with Crippen LogP contribution in [-0.2, 0) is 14.3 Å². The Labute approximate surface area is 71.4 Å². The summed E-state index contributed by atoms with van der Waals surface area (Å²) in [6.07, 6.45) is 1.92. The molecule has 0 N–H and O–H groups in total. The molecule has 0 amide bonds. The first-order chi connectivity index (χ1) is 5.10. The number of ether oxygens (including phenoxy) is 2. The number of carbonyl (C=O) groups is 1. The monoisotopic (exact) mass is 178 g/mol. The molecule has 4 heteroatoms. The van der Waals surface area contributed by atoms with Gasteiger partial charge in [-0.1, -0.05) is 0 Å². The van der Waals surface area contributed by atoms with Crippen LogP contribution >= 0.6 is 11.8 Å². The SMILES string of the molecule is COC(=O)C(C)(CSC)OC. The van der Waals surface area contributed by atoms with Crippen molar-refractivity contribution in [3.63, 3.8) is 0 Å². The number of esters is 1. The highest BCUT2D eigenvalue weighted by Crippen LogP contribution is 2.16. The molecule has 11 heavy (non-hydrogen) atoms. The zero-order valence-corrected chi connectivity index (χ0v) is 8.16. The van der Waals surface area contributed by atoms with E-state index in [9.17, 15) is 4.79 Å². The van der Waals surface area contributed by atoms with Crippen molar-refractivity contribution >= 4 is 17.7 Å². The molecule has 0 aliphatic rings. The van der Waals surface area contributed by atoms with Crippen LogP contribution in [0, 0.1) is 0 Å². The van der Waals surface area contributed by atoms with Crippen molar-refractivity contribution < 1.29 is 14.3 Å². The lowest BCUT2D eigenvalue weighted by atomic mass is 10.1. The van der Waals surface area contributed by atoms with Crippen molar-refractivity contribution in [2.24, 2.45) is 0 Å². The fourth-order valence-electron chi connectivity index (χ4n) is 0.693. The van der Waals surface area contributed by atoms with Gasteiger partial charge in [-0.25, -0.2) is 4.79 Å². The Morgan fingerprint density at radius 2 is 2.09 bits per heavy atom. The van der Waals surface area contributed by atoms with Crippen LogP contribution in [0.2, 0.25) is 0 Å². The van der Waals surface area contributed by atoms with Gasteiger partial charge in [-0.3, -0.25) is 0 Å². The van der Waals surface area contributed by atoms with Crippen molar-refractivity contribution in [3.05, 3.63) is 0 Å². The quantitative estimate of drug-likeness (QED) is 0.600. The van der Waals surface area contributed by atoms with E-state index >= 15 is 0 Å². The molecule has 0 rings (SSSR count). The second kappa shape index (κ2) is 4.62. The first-order valence-electron chi connectivity index (χ1n) is 3.23. The summed E-state index contributed by atoms with van der Waals surface area (Å²) in [6.45, 7) is 1.72. The zero-order chi connectivity index (χ0) is 8.91. The summed E-state index contributed by atoms with van der Waals surface area (Å²) in [4.78, 5) is 11.1. The molecule has 3 nitrogen and oxygen atoms in total. The predicted molar refractivity (Wildman–Crippen MR) is 45.8 cm³/mol. The summed E-state index contributed by atoms with van der Waals surface area (Å²) in [5.41, 5.74) is -0.797. The van der Waals surface area contributed by atoms with E-state index in [2.05, 4.69) is 4.74 Å². The van der Waals surface area contributed by atoms with Gasteiger partial charge in [0.1, 0.15) is 0 Å². The smallest absolute Gasteiger partial charge is 0.338 e. The average molecular weight is 178 g/mol. The van der Waals surface area contributed by atoms with Crippen molar-refractivity contribution in [3.8, 4) is 0 Å². The number of carbonyl (C=O) groups excluding carboxylic acids is 1. The number of rotatable bonds is 4. The van der Waals surface area contributed by atoms with Gasteiger partial charge in [0.2, 0.25) is 0 Å². The number of hydrogen-bond donors (Lipinski definition) is 0. The molecule has 0 saturated heterocycles. The summed E-state index contributed by atoms with van der Waals surface area (Å²) in [5, 5.41) is 0. The van der Waals surface area contributed by atoms with Crippen LogP contribution in [0.15, 0.2) is 0 Å². The molecular weight excluding hydrogens is 164 g/mol. The minimum absolute atomic E-state index is 0.325. The molecule has 0 aromatic carbocycles. The minimum atomic E-state index is -0.797. The highest BCUT2D eigenvalue weighted by atomic mass is 32.2. The van der Waals surface area contributed by atoms with Crippen LogP contribution < -0.4 is 0 Å². The molecule has 0 fully saturated rings. The summed E-state index contributed by atoms with van der Waals surface area (Å²) in [5.74, 6) is 0.283. The summed E-state index contributed by atoms with van der Waals surface area (Å²) >= 11 is 1.55. The highest BCUT2D eigenvalue weighted by Gasteiger charge is 2.33. The molecule has 0 aliphatic carbocycles. The van der Waals surface area contributed by atoms with E-state index in [0.717, 1.165) is 0 Å². The second-order valence-corrected chi connectivity index (χ2v) is 3.23. The highest BCUT2D eigenvalue weighted by molar-refractivity contribution is 7.98. The number of thioether (sulfide) groups is 1. The normalized spacial score (nSPS) is 15.6. The van der Waals surface area contributed by atoms with Gasteiger partial charge < -0.3 is 9.47 Å². The Hall–Kier alpha value is -0.220. The maximum absolute atomic E-state index is 11.1. The standard InChI is InChI=1S/C7H14O3S/c1-7(10-3,5-11-4)6(8)9-2/h5H2,1-4H3. The molecule has 0 aromatic rings. The Morgan fingerprint density at radius 1 is 1.55 bits per heavy atom. The van der Waals surface area contributed by atoms with Gasteiger partial charge in [-0.05, 0) is 13.2 Å². The maximum atomic E-state index is 11.1. The van der Waals surface area contributed by atoms with E-state index in [1.165, 1.54) is 14.2 Å². The predicted octanol–water partition coefficient (Wildman–Crippen LogP) is 0.927. The Balaban J connectivity index is 4.19. The third-order valence-electron chi connectivity index (χ3n) is 1.49. The van der Waals surface area contributed by atoms with Gasteiger partial charge in [0.25, 0.3) is 0 Å². The van der Waals surface area contributed by atoms with Gasteiger partial charge in [0.15, 0.2) is 5.60 Å². The van der Waals surface area contributed by atoms with Gasteiger partial charge in [-0.15, -0.1) is 0 Å². The maximum Gasteiger partial charge on any atom is 0.338 e. The second-order valence-electron chi connectivity index (χ2n) is 2.36. The average Bonchev–Trinajstić information content (AvgIpc) is 2.03. The van der Waals surface area contributed by atoms with Crippen LogP contribution in [0.25, 0.3) is 0 Å². The topological polar surface area (TPSA) is 35.5 Å². The van der Waals surface area contributed by atoms with E-state index in [1.54, 1.807) is 18.7 Å². The molecular formula is C7H14O3S. The van der Waals surface area contributed by atoms with Crippen LogP contribution in [0.3, 0.4) is 0 Å². The first-order valence-corrected chi connectivity index (χ1v) is 4.62. The van der Waals surface area contributed by atoms with Crippen LogP contribution in [0.5, 0.6) is 0 Å². The molecule has 66 valence electrons. The van der Waals surface area contributed by atoms with Crippen LogP contribution in [0.4, 0.5) is 0 Å². The van der Waals surface area contributed by atoms with Gasteiger partial charge in [-0.2, -0.15) is 11.8 Å². The van der Waals surface area contributed by atoms with Crippen LogP contribution in [0.1, 0.15) is 6.92 Å². The van der Waals surface area contributed by atoms with E-state index < -0.39 is 5.60 Å². The van der Waals surface area contributed by atoms with Crippen LogP contribution in [-0.4, -0.2) is 37.8 Å². The molecule has 1 unspecified atom stereocenters. The third-order valence-corrected chi connectivity index (χ3v) is 2.33. The van der Waals surface area contributed by atoms with Gasteiger partial charge in [0.05, 0.1) is 7.11 Å². The number of methoxy groups -OCH3 is 2. The fourth-order valence-corrected chi connectivity index (χ4v) is 1.48. The largest absolute Gasteiger partial charge is 0.467 e. The molecule has 0 spiro atoms. The Bertz CT molecular complexity index is 138. The Morgan fingerprint density at radius 3 is 2.36 bits per heavy atom. The molecule has 0 bridgehead atoms. The lowest BCUT2D eigenvalue weighted by molar-refractivity contribution is -0.161. The lowest BCUT2D eigenvalue weighted by Crippen LogP contribution is -2.40. The lowest BCUT2D eigenvalue weighted by Gasteiger charge is -2.23. The van der Waals surface area contributed by atoms with Crippen molar-refractivity contribution in [1.29, 1.82) is 0 Å². The number of hydrogen-bond acceptors (Lipinski definition) is 4. The summed E-state index contributed by atoms with van der Waals surface area (Å²) in [6, 6.07) is 0. The van der Waals surface area contributed by atoms with Crippen molar-refractivity contribution in [1.82, 2.24) is 0 Å². The third kappa shape index (κ3) is 2.71. The molecule has 0 saturated carbocycles. The van der Waals surface area contributed by atoms with Gasteiger partial charge >= 0.3 is 5.97 Å². The van der Waals surface area contributed by atoms with Crippen molar-refractivity contribution in [2.45, 2.75) is 12.5 Å². The molecule has 0 aromatic heterocycles. The molecule has 0 heterocycles. The summed E-state index contributed by atoms with van der Waals surface area (Å²) < 4.78 is 9.62. The molecule has 0 radical (unpaired) electrons. The zero-order valence-electron chi connectivity index (χ0n) is 7.34. The molecule has 0 aliphatic heterocycles. The first kappa shape index (κ1) is 10.8. The molecule has 1 atom stereocenters.